The highest BCUT2D eigenvalue weighted by Crippen LogP contribution is 2.45. The zero-order chi connectivity index (χ0) is 20.8. The Morgan fingerprint density at radius 2 is 2.10 bits per heavy atom. The van der Waals surface area contributed by atoms with E-state index < -0.39 is 5.97 Å². The molecule has 0 bridgehead atoms. The molecular formula is C22H26FNO3S2. The zero-order valence-corrected chi connectivity index (χ0v) is 18.3. The first-order valence-electron chi connectivity index (χ1n) is 9.74. The van der Waals surface area contributed by atoms with Crippen molar-refractivity contribution >= 4 is 40.9 Å². The summed E-state index contributed by atoms with van der Waals surface area (Å²) in [5, 5.41) is 8.98. The SMILES string of the molecule is CCCCC1CSc2cc(OCC(=O)O)c(SC)cc2N(c2ccc(F)cc2)C1. The molecular weight excluding hydrogens is 409 g/mol. The van der Waals surface area contributed by atoms with E-state index in [-0.39, 0.29) is 12.4 Å². The average Bonchev–Trinajstić information content (AvgIpc) is 2.89. The number of ether oxygens (including phenoxy) is 1. The van der Waals surface area contributed by atoms with E-state index in [1.807, 2.05) is 24.5 Å². The average molecular weight is 436 g/mol. The number of benzene rings is 2. The second-order valence-electron chi connectivity index (χ2n) is 7.06. The normalized spacial score (nSPS) is 16.2. The summed E-state index contributed by atoms with van der Waals surface area (Å²) in [5.41, 5.74) is 2.02. The fourth-order valence-corrected chi connectivity index (χ4v) is 5.16. The van der Waals surface area contributed by atoms with Gasteiger partial charge < -0.3 is 14.7 Å². The standard InChI is InChI=1S/C22H26FNO3S2/c1-3-4-5-15-12-24(17-8-6-16(23)7-9-17)18-10-21(28-2)19(27-13-22(25)26)11-20(18)29-14-15/h6-11,15H,3-5,12-14H2,1-2H3,(H,25,26). The van der Waals surface area contributed by atoms with Crippen LogP contribution >= 0.6 is 23.5 Å². The number of nitrogens with zero attached hydrogens (tertiary/aromatic N) is 1. The maximum absolute atomic E-state index is 13.5. The number of carbonyl (C=O) groups is 1. The Morgan fingerprint density at radius 3 is 2.76 bits per heavy atom. The van der Waals surface area contributed by atoms with Crippen LogP contribution in [0.25, 0.3) is 0 Å². The highest BCUT2D eigenvalue weighted by molar-refractivity contribution is 7.99. The molecule has 1 unspecified atom stereocenters. The zero-order valence-electron chi connectivity index (χ0n) is 16.7. The van der Waals surface area contributed by atoms with Gasteiger partial charge >= 0.3 is 5.97 Å². The van der Waals surface area contributed by atoms with Gasteiger partial charge in [-0.05, 0) is 55.0 Å². The van der Waals surface area contributed by atoms with Crippen LogP contribution in [0.15, 0.2) is 46.2 Å². The second kappa shape index (κ2) is 10.3. The molecule has 1 aliphatic rings. The maximum Gasteiger partial charge on any atom is 0.341 e. The van der Waals surface area contributed by atoms with Gasteiger partial charge in [0.1, 0.15) is 11.6 Å². The van der Waals surface area contributed by atoms with Crippen molar-refractivity contribution in [1.29, 1.82) is 0 Å². The minimum atomic E-state index is -0.993. The summed E-state index contributed by atoms with van der Waals surface area (Å²) in [6.07, 6.45) is 5.44. The maximum atomic E-state index is 13.5. The van der Waals surface area contributed by atoms with Crippen molar-refractivity contribution in [2.24, 2.45) is 5.92 Å². The molecule has 0 saturated heterocycles. The Kier molecular flexibility index (Phi) is 7.72. The van der Waals surface area contributed by atoms with Crippen LogP contribution in [-0.2, 0) is 4.79 Å². The lowest BCUT2D eigenvalue weighted by Gasteiger charge is -2.28. The van der Waals surface area contributed by atoms with Gasteiger partial charge in [0.2, 0.25) is 0 Å². The first-order valence-corrected chi connectivity index (χ1v) is 11.9. The van der Waals surface area contributed by atoms with Crippen molar-refractivity contribution in [1.82, 2.24) is 0 Å². The number of aliphatic carboxylic acids is 1. The molecule has 0 spiro atoms. The molecule has 0 radical (unpaired) electrons. The van der Waals surface area contributed by atoms with E-state index in [0.29, 0.717) is 11.7 Å². The van der Waals surface area contributed by atoms with E-state index in [0.717, 1.165) is 46.3 Å². The molecule has 156 valence electrons. The Hall–Kier alpha value is -1.86. The van der Waals surface area contributed by atoms with E-state index in [1.54, 1.807) is 11.8 Å². The minimum absolute atomic E-state index is 0.247. The molecule has 1 N–H and O–H groups in total. The van der Waals surface area contributed by atoms with Gasteiger partial charge in [-0.15, -0.1) is 23.5 Å². The van der Waals surface area contributed by atoms with Crippen LogP contribution in [0.1, 0.15) is 26.2 Å². The molecule has 2 aromatic rings. The van der Waals surface area contributed by atoms with Gasteiger partial charge in [0, 0.05) is 22.9 Å². The molecule has 29 heavy (non-hydrogen) atoms. The molecule has 1 aliphatic heterocycles. The quantitative estimate of drug-likeness (QED) is 0.509. The number of hydrogen-bond donors (Lipinski definition) is 1. The Morgan fingerprint density at radius 1 is 1.34 bits per heavy atom. The van der Waals surface area contributed by atoms with Crippen LogP contribution in [0.2, 0.25) is 0 Å². The fraction of sp³-hybridized carbons (Fsp3) is 0.409. The predicted molar refractivity (Wildman–Crippen MR) is 118 cm³/mol. The molecule has 2 aromatic carbocycles. The third-order valence-corrected chi connectivity index (χ3v) is 6.94. The van der Waals surface area contributed by atoms with E-state index >= 15 is 0 Å². The molecule has 1 heterocycles. The lowest BCUT2D eigenvalue weighted by atomic mass is 10.0. The molecule has 0 fully saturated rings. The van der Waals surface area contributed by atoms with Crippen LogP contribution in [0.5, 0.6) is 5.75 Å². The van der Waals surface area contributed by atoms with Crippen molar-refractivity contribution in [2.75, 3.05) is 30.1 Å². The van der Waals surface area contributed by atoms with E-state index in [4.69, 9.17) is 9.84 Å². The van der Waals surface area contributed by atoms with Gasteiger partial charge in [-0.1, -0.05) is 19.8 Å². The topological polar surface area (TPSA) is 49.8 Å². The van der Waals surface area contributed by atoms with Gasteiger partial charge in [-0.25, -0.2) is 9.18 Å². The number of rotatable bonds is 8. The van der Waals surface area contributed by atoms with E-state index in [1.165, 1.54) is 30.3 Å². The van der Waals surface area contributed by atoms with Crippen LogP contribution in [0, 0.1) is 11.7 Å². The summed E-state index contributed by atoms with van der Waals surface area (Å²) in [7, 11) is 0. The van der Waals surface area contributed by atoms with E-state index in [9.17, 15) is 9.18 Å². The van der Waals surface area contributed by atoms with Crippen molar-refractivity contribution in [3.05, 3.63) is 42.2 Å². The van der Waals surface area contributed by atoms with Crippen LogP contribution in [-0.4, -0.2) is 36.2 Å². The minimum Gasteiger partial charge on any atom is -0.481 e. The van der Waals surface area contributed by atoms with Gasteiger partial charge in [0.25, 0.3) is 0 Å². The Labute approximate surface area is 179 Å². The molecule has 4 nitrogen and oxygen atoms in total. The summed E-state index contributed by atoms with van der Waals surface area (Å²) in [5.74, 6) is 0.854. The summed E-state index contributed by atoms with van der Waals surface area (Å²) in [6, 6.07) is 10.6. The number of anilines is 2. The smallest absolute Gasteiger partial charge is 0.341 e. The van der Waals surface area contributed by atoms with E-state index in [2.05, 4.69) is 17.9 Å². The number of hydrogen-bond acceptors (Lipinski definition) is 5. The van der Waals surface area contributed by atoms with Crippen molar-refractivity contribution < 1.29 is 19.0 Å². The number of halogens is 1. The van der Waals surface area contributed by atoms with Crippen molar-refractivity contribution in [3.8, 4) is 5.75 Å². The Balaban J connectivity index is 2.01. The molecule has 0 saturated carbocycles. The summed E-state index contributed by atoms with van der Waals surface area (Å²) < 4.78 is 19.0. The highest BCUT2D eigenvalue weighted by Gasteiger charge is 2.25. The van der Waals surface area contributed by atoms with Crippen LogP contribution in [0.4, 0.5) is 15.8 Å². The monoisotopic (exact) mass is 435 g/mol. The fourth-order valence-electron chi connectivity index (χ4n) is 3.42. The largest absolute Gasteiger partial charge is 0.481 e. The number of unbranched alkanes of at least 4 members (excludes halogenated alkanes) is 1. The van der Waals surface area contributed by atoms with Gasteiger partial charge in [0.15, 0.2) is 6.61 Å². The summed E-state index contributed by atoms with van der Waals surface area (Å²) in [4.78, 5) is 15.2. The molecule has 7 heteroatoms. The van der Waals surface area contributed by atoms with Crippen molar-refractivity contribution in [3.63, 3.8) is 0 Å². The summed E-state index contributed by atoms with van der Waals surface area (Å²) >= 11 is 3.31. The Bertz CT molecular complexity index is 845. The predicted octanol–water partition coefficient (Wildman–Crippen LogP) is 6.06. The molecule has 3 rings (SSSR count). The third kappa shape index (κ3) is 5.60. The second-order valence-corrected chi connectivity index (χ2v) is 8.97. The van der Waals surface area contributed by atoms with Crippen LogP contribution < -0.4 is 9.64 Å². The number of fused-ring (bicyclic) bond motifs is 1. The number of carboxylic acids is 1. The molecule has 0 aromatic heterocycles. The lowest BCUT2D eigenvalue weighted by molar-refractivity contribution is -0.139. The number of thioether (sulfide) groups is 2. The van der Waals surface area contributed by atoms with Gasteiger partial charge in [-0.3, -0.25) is 0 Å². The van der Waals surface area contributed by atoms with Crippen molar-refractivity contribution in [2.45, 2.75) is 36.0 Å². The molecule has 0 amide bonds. The third-order valence-electron chi connectivity index (χ3n) is 4.91. The molecule has 1 atom stereocenters. The lowest BCUT2D eigenvalue weighted by Crippen LogP contribution is -2.25. The van der Waals surface area contributed by atoms with Gasteiger partial charge in [0.05, 0.1) is 10.6 Å². The van der Waals surface area contributed by atoms with Gasteiger partial charge in [-0.2, -0.15) is 0 Å². The molecule has 0 aliphatic carbocycles. The first kappa shape index (κ1) is 21.8. The summed E-state index contributed by atoms with van der Waals surface area (Å²) in [6.45, 7) is 2.71. The highest BCUT2D eigenvalue weighted by atomic mass is 32.2. The number of carboxylic acid groups (broad SMARTS) is 1. The first-order chi connectivity index (χ1) is 14.0. The van der Waals surface area contributed by atoms with Crippen LogP contribution in [0.3, 0.4) is 0 Å².